The van der Waals surface area contributed by atoms with Gasteiger partial charge in [-0.15, -0.1) is 0 Å². The largest absolute Gasteiger partial charge is 0.324 e. The molecule has 0 spiro atoms. The van der Waals surface area contributed by atoms with Gasteiger partial charge in [-0.1, -0.05) is 41.9 Å². The SMILES string of the molecule is CC(=O)c1ccc(Nc2nc(-c3ccccc3)c3cc(Cl)ccc3n2)cc1. The van der Waals surface area contributed by atoms with Crippen molar-refractivity contribution in [3.63, 3.8) is 0 Å². The Hall–Kier alpha value is -3.24. The van der Waals surface area contributed by atoms with E-state index in [0.29, 0.717) is 16.5 Å². The smallest absolute Gasteiger partial charge is 0.228 e. The Morgan fingerprint density at radius 3 is 2.37 bits per heavy atom. The third-order valence-corrected chi connectivity index (χ3v) is 4.49. The molecule has 1 heterocycles. The molecule has 1 aromatic heterocycles. The molecule has 0 radical (unpaired) electrons. The molecule has 0 atom stereocenters. The van der Waals surface area contributed by atoms with Gasteiger partial charge in [-0.3, -0.25) is 4.79 Å². The average Bonchev–Trinajstić information content (AvgIpc) is 2.69. The van der Waals surface area contributed by atoms with Crippen molar-refractivity contribution in [2.24, 2.45) is 0 Å². The number of anilines is 2. The van der Waals surface area contributed by atoms with Crippen molar-refractivity contribution in [2.45, 2.75) is 6.92 Å². The Morgan fingerprint density at radius 1 is 0.926 bits per heavy atom. The highest BCUT2D eigenvalue weighted by atomic mass is 35.5. The summed E-state index contributed by atoms with van der Waals surface area (Å²) in [5.41, 5.74) is 4.08. The van der Waals surface area contributed by atoms with Crippen LogP contribution in [0.2, 0.25) is 5.02 Å². The van der Waals surface area contributed by atoms with E-state index in [1.165, 1.54) is 0 Å². The van der Waals surface area contributed by atoms with Gasteiger partial charge < -0.3 is 5.32 Å². The fourth-order valence-corrected chi connectivity index (χ4v) is 3.06. The van der Waals surface area contributed by atoms with E-state index >= 15 is 0 Å². The van der Waals surface area contributed by atoms with E-state index in [4.69, 9.17) is 16.6 Å². The van der Waals surface area contributed by atoms with E-state index in [1.54, 1.807) is 19.1 Å². The van der Waals surface area contributed by atoms with E-state index in [-0.39, 0.29) is 5.78 Å². The highest BCUT2D eigenvalue weighted by Crippen LogP contribution is 2.30. The number of benzene rings is 3. The molecule has 3 aromatic carbocycles. The molecule has 4 nitrogen and oxygen atoms in total. The molecule has 0 aliphatic carbocycles. The summed E-state index contributed by atoms with van der Waals surface area (Å²) in [5, 5.41) is 4.76. The quantitative estimate of drug-likeness (QED) is 0.453. The lowest BCUT2D eigenvalue weighted by Crippen LogP contribution is -2.00. The predicted molar refractivity (Wildman–Crippen MR) is 110 cm³/mol. The van der Waals surface area contributed by atoms with Gasteiger partial charge in [0.2, 0.25) is 5.95 Å². The normalized spacial score (nSPS) is 10.7. The second kappa shape index (κ2) is 7.17. The van der Waals surface area contributed by atoms with Crippen molar-refractivity contribution in [3.8, 4) is 11.3 Å². The van der Waals surface area contributed by atoms with Gasteiger partial charge >= 0.3 is 0 Å². The second-order valence-electron chi connectivity index (χ2n) is 6.18. The number of ketones is 1. The Morgan fingerprint density at radius 2 is 1.67 bits per heavy atom. The minimum atomic E-state index is 0.0340. The third kappa shape index (κ3) is 3.66. The highest BCUT2D eigenvalue weighted by molar-refractivity contribution is 6.31. The maximum atomic E-state index is 11.4. The van der Waals surface area contributed by atoms with E-state index in [0.717, 1.165) is 27.8 Å². The summed E-state index contributed by atoms with van der Waals surface area (Å²) in [6.45, 7) is 1.55. The van der Waals surface area contributed by atoms with Gasteiger partial charge in [-0.25, -0.2) is 9.97 Å². The van der Waals surface area contributed by atoms with Gasteiger partial charge in [0, 0.05) is 27.2 Å². The number of carbonyl (C=O) groups excluding carboxylic acids is 1. The number of aromatic nitrogens is 2. The molecule has 0 amide bonds. The molecule has 0 unspecified atom stereocenters. The first kappa shape index (κ1) is 17.2. The highest BCUT2D eigenvalue weighted by Gasteiger charge is 2.11. The molecule has 0 aliphatic heterocycles. The van der Waals surface area contributed by atoms with Crippen LogP contribution in [0, 0.1) is 0 Å². The van der Waals surface area contributed by atoms with Crippen LogP contribution in [0.3, 0.4) is 0 Å². The van der Waals surface area contributed by atoms with Crippen molar-refractivity contribution in [1.82, 2.24) is 9.97 Å². The third-order valence-electron chi connectivity index (χ3n) is 4.25. The summed E-state index contributed by atoms with van der Waals surface area (Å²) in [5.74, 6) is 0.519. The lowest BCUT2D eigenvalue weighted by Gasteiger charge is -2.11. The summed E-state index contributed by atoms with van der Waals surface area (Å²) in [6, 6.07) is 22.8. The molecule has 27 heavy (non-hydrogen) atoms. The molecule has 4 rings (SSSR count). The van der Waals surface area contributed by atoms with Crippen molar-refractivity contribution >= 4 is 39.9 Å². The maximum absolute atomic E-state index is 11.4. The van der Waals surface area contributed by atoms with E-state index in [9.17, 15) is 4.79 Å². The Balaban J connectivity index is 1.79. The zero-order valence-electron chi connectivity index (χ0n) is 14.6. The van der Waals surface area contributed by atoms with Gasteiger partial charge in [-0.05, 0) is 49.4 Å². The van der Waals surface area contributed by atoms with Crippen LogP contribution < -0.4 is 5.32 Å². The molecule has 1 N–H and O–H groups in total. The summed E-state index contributed by atoms with van der Waals surface area (Å²) < 4.78 is 0. The van der Waals surface area contributed by atoms with Gasteiger partial charge in [-0.2, -0.15) is 0 Å². The second-order valence-corrected chi connectivity index (χ2v) is 6.62. The molecule has 0 saturated carbocycles. The lowest BCUT2D eigenvalue weighted by atomic mass is 10.1. The minimum Gasteiger partial charge on any atom is -0.324 e. The zero-order valence-corrected chi connectivity index (χ0v) is 15.4. The standard InChI is InChI=1S/C22H16ClN3O/c1-14(27)15-7-10-18(11-8-15)24-22-25-20-12-9-17(23)13-19(20)21(26-22)16-5-3-2-4-6-16/h2-13H,1H3,(H,24,25,26). The average molecular weight is 374 g/mol. The van der Waals surface area contributed by atoms with Gasteiger partial charge in [0.1, 0.15) is 0 Å². The molecule has 4 aromatic rings. The first-order valence-electron chi connectivity index (χ1n) is 8.51. The van der Waals surface area contributed by atoms with Crippen LogP contribution >= 0.6 is 11.6 Å². The first-order valence-corrected chi connectivity index (χ1v) is 8.89. The lowest BCUT2D eigenvalue weighted by molar-refractivity contribution is 0.101. The number of hydrogen-bond donors (Lipinski definition) is 1. The predicted octanol–water partition coefficient (Wildman–Crippen LogP) is 5.90. The van der Waals surface area contributed by atoms with Crippen LogP contribution in [0.4, 0.5) is 11.6 Å². The van der Waals surface area contributed by atoms with Crippen molar-refractivity contribution in [1.29, 1.82) is 0 Å². The van der Waals surface area contributed by atoms with E-state index < -0.39 is 0 Å². The van der Waals surface area contributed by atoms with Gasteiger partial charge in [0.15, 0.2) is 5.78 Å². The molecule has 5 heteroatoms. The van der Waals surface area contributed by atoms with Crippen LogP contribution in [0.15, 0.2) is 72.8 Å². The summed E-state index contributed by atoms with van der Waals surface area (Å²) in [7, 11) is 0. The number of nitrogens with zero attached hydrogens (tertiary/aromatic N) is 2. The molecule has 132 valence electrons. The number of fused-ring (bicyclic) bond motifs is 1. The van der Waals surface area contributed by atoms with E-state index in [2.05, 4.69) is 10.3 Å². The topological polar surface area (TPSA) is 54.9 Å². The monoisotopic (exact) mass is 373 g/mol. The van der Waals surface area contributed by atoms with Gasteiger partial charge in [0.05, 0.1) is 11.2 Å². The Labute approximate surface area is 161 Å². The van der Waals surface area contributed by atoms with Crippen LogP contribution in [-0.4, -0.2) is 15.8 Å². The minimum absolute atomic E-state index is 0.0340. The zero-order chi connectivity index (χ0) is 18.8. The van der Waals surface area contributed by atoms with Crippen molar-refractivity contribution in [2.75, 3.05) is 5.32 Å². The molecule has 0 saturated heterocycles. The number of halogens is 1. The molecule has 0 fully saturated rings. The Bertz CT molecular complexity index is 1130. The molecule has 0 aliphatic rings. The van der Waals surface area contributed by atoms with Crippen LogP contribution in [0.25, 0.3) is 22.2 Å². The van der Waals surface area contributed by atoms with Crippen LogP contribution in [0.5, 0.6) is 0 Å². The molecule has 0 bridgehead atoms. The van der Waals surface area contributed by atoms with Gasteiger partial charge in [0.25, 0.3) is 0 Å². The maximum Gasteiger partial charge on any atom is 0.228 e. The molecular formula is C22H16ClN3O. The van der Waals surface area contributed by atoms with Crippen LogP contribution in [-0.2, 0) is 0 Å². The number of rotatable bonds is 4. The number of carbonyl (C=O) groups is 1. The Kier molecular flexibility index (Phi) is 4.57. The number of nitrogens with one attached hydrogen (secondary N) is 1. The van der Waals surface area contributed by atoms with Crippen molar-refractivity contribution < 1.29 is 4.79 Å². The summed E-state index contributed by atoms with van der Waals surface area (Å²) in [6.07, 6.45) is 0. The summed E-state index contributed by atoms with van der Waals surface area (Å²) in [4.78, 5) is 20.8. The van der Waals surface area contributed by atoms with E-state index in [1.807, 2.05) is 60.7 Å². The summed E-state index contributed by atoms with van der Waals surface area (Å²) >= 11 is 6.19. The fourth-order valence-electron chi connectivity index (χ4n) is 2.89. The van der Waals surface area contributed by atoms with Crippen LogP contribution in [0.1, 0.15) is 17.3 Å². The number of Topliss-reactive ketones (excluding diaryl/α,β-unsaturated/α-hetero) is 1. The van der Waals surface area contributed by atoms with Crippen molar-refractivity contribution in [3.05, 3.63) is 83.4 Å². The first-order chi connectivity index (χ1) is 13.1. The fraction of sp³-hybridized carbons (Fsp3) is 0.0455. The molecular weight excluding hydrogens is 358 g/mol. The number of hydrogen-bond acceptors (Lipinski definition) is 4.